The highest BCUT2D eigenvalue weighted by Gasteiger charge is 2.25. The van der Waals surface area contributed by atoms with Gasteiger partial charge in [-0.1, -0.05) is 29.8 Å². The van der Waals surface area contributed by atoms with Gasteiger partial charge < -0.3 is 19.1 Å². The number of nitrogens with zero attached hydrogens (tertiary/aromatic N) is 4. The summed E-state index contributed by atoms with van der Waals surface area (Å²) in [5, 5.41) is 9.75. The van der Waals surface area contributed by atoms with E-state index in [-0.39, 0.29) is 12.7 Å². The molecule has 11 heteroatoms. The molecule has 2 aliphatic rings. The third kappa shape index (κ3) is 5.69. The van der Waals surface area contributed by atoms with Crippen LogP contribution in [-0.4, -0.2) is 56.3 Å². The lowest BCUT2D eigenvalue weighted by atomic mass is 10.0. The average Bonchev–Trinajstić information content (AvgIpc) is 3.45. The maximum absolute atomic E-state index is 14.1. The lowest BCUT2D eigenvalue weighted by molar-refractivity contribution is -0.0591. The number of thiophene rings is 1. The van der Waals surface area contributed by atoms with E-state index in [0.717, 1.165) is 60.0 Å². The molecule has 8 nitrogen and oxygen atoms in total. The van der Waals surface area contributed by atoms with Gasteiger partial charge in [0.05, 0.1) is 30.4 Å². The predicted octanol–water partition coefficient (Wildman–Crippen LogP) is 5.64. The van der Waals surface area contributed by atoms with Crippen LogP contribution in [0.4, 0.5) is 4.39 Å². The summed E-state index contributed by atoms with van der Waals surface area (Å²) in [4.78, 5) is 24.3. The van der Waals surface area contributed by atoms with Gasteiger partial charge in [-0.2, -0.15) is 0 Å². The molecule has 202 valence electrons. The van der Waals surface area contributed by atoms with Gasteiger partial charge in [0, 0.05) is 36.3 Å². The van der Waals surface area contributed by atoms with Crippen molar-refractivity contribution < 1.29 is 23.8 Å². The Bertz CT molecular complexity index is 1560. The van der Waals surface area contributed by atoms with Crippen molar-refractivity contribution in [3.63, 3.8) is 0 Å². The molecule has 1 N–H and O–H groups in total. The topological polar surface area (TPSA) is 89.7 Å². The fourth-order valence-electron chi connectivity index (χ4n) is 4.78. The van der Waals surface area contributed by atoms with E-state index in [0.29, 0.717) is 34.4 Å². The number of halogens is 2. The molecule has 6 rings (SSSR count). The lowest BCUT2D eigenvalue weighted by Gasteiger charge is -2.29. The van der Waals surface area contributed by atoms with Gasteiger partial charge in [0.25, 0.3) is 0 Å². The number of fused-ring (bicyclic) bond motifs is 1. The quantitative estimate of drug-likeness (QED) is 0.279. The van der Waals surface area contributed by atoms with Gasteiger partial charge in [-0.05, 0) is 42.7 Å². The van der Waals surface area contributed by atoms with Crippen LogP contribution in [-0.2, 0) is 24.4 Å². The minimum Gasteiger partial charge on any atom is -0.477 e. The van der Waals surface area contributed by atoms with Crippen molar-refractivity contribution in [3.8, 4) is 5.88 Å². The minimum atomic E-state index is -0.931. The number of aromatic nitrogens is 3. The van der Waals surface area contributed by atoms with Gasteiger partial charge in [0.2, 0.25) is 5.88 Å². The van der Waals surface area contributed by atoms with Crippen LogP contribution in [0.25, 0.3) is 15.9 Å². The van der Waals surface area contributed by atoms with Crippen LogP contribution in [0.3, 0.4) is 0 Å². The van der Waals surface area contributed by atoms with Crippen molar-refractivity contribution in [1.29, 1.82) is 0 Å². The number of carbonyl (C=O) groups is 1. The first-order valence-electron chi connectivity index (χ1n) is 12.7. The Kier molecular flexibility index (Phi) is 7.35. The van der Waals surface area contributed by atoms with Gasteiger partial charge >= 0.3 is 5.97 Å². The zero-order chi connectivity index (χ0) is 26.9. The van der Waals surface area contributed by atoms with Crippen molar-refractivity contribution in [1.82, 2.24) is 19.4 Å². The van der Waals surface area contributed by atoms with Gasteiger partial charge in [0.15, 0.2) is 0 Å². The maximum atomic E-state index is 14.1. The molecule has 4 aromatic rings. The number of hydrogen-bond acceptors (Lipinski definition) is 7. The Balaban J connectivity index is 1.13. The molecule has 0 saturated carbocycles. The summed E-state index contributed by atoms with van der Waals surface area (Å²) in [6.45, 7) is 3.72. The molecule has 2 aliphatic heterocycles. The second kappa shape index (κ2) is 11.1. The van der Waals surface area contributed by atoms with E-state index in [1.54, 1.807) is 24.3 Å². The van der Waals surface area contributed by atoms with Crippen LogP contribution < -0.4 is 4.74 Å². The molecule has 1 saturated heterocycles. The number of pyridine rings is 1. The normalized spacial score (nSPS) is 17.7. The Morgan fingerprint density at radius 1 is 1.26 bits per heavy atom. The number of carboxylic acids is 1. The SMILES string of the molecule is O=C(O)c1cc2c(nc(CN3CC=C(c4cccc(OCc5ccc(Cl)cc5F)n4)CC3)n2CC2CCO2)s1. The highest BCUT2D eigenvalue weighted by Crippen LogP contribution is 2.30. The van der Waals surface area contributed by atoms with Crippen LogP contribution in [0, 0.1) is 5.82 Å². The molecule has 1 aromatic carbocycles. The molecule has 1 atom stereocenters. The van der Waals surface area contributed by atoms with E-state index >= 15 is 0 Å². The standard InChI is InChI=1S/C28H26ClFN4O4S/c29-19-5-4-18(21(30)12-19)16-38-26-3-1-2-22(31-26)17-6-9-33(10-7-17)15-25-32-27-23(13-24(39-27)28(35)36)34(25)14-20-8-11-37-20/h1-6,12-13,20H,7-11,14-16H2,(H,35,36). The van der Waals surface area contributed by atoms with Crippen LogP contribution in [0.2, 0.25) is 5.02 Å². The van der Waals surface area contributed by atoms with E-state index in [1.807, 2.05) is 12.1 Å². The van der Waals surface area contributed by atoms with Gasteiger partial charge in [-0.15, -0.1) is 11.3 Å². The number of aromatic carboxylic acids is 1. The first kappa shape index (κ1) is 25.9. The Morgan fingerprint density at radius 2 is 2.13 bits per heavy atom. The van der Waals surface area contributed by atoms with Gasteiger partial charge in [-0.25, -0.2) is 19.2 Å². The first-order chi connectivity index (χ1) is 18.9. The molecule has 1 unspecified atom stereocenters. The first-order valence-corrected chi connectivity index (χ1v) is 13.9. The number of benzene rings is 1. The highest BCUT2D eigenvalue weighted by molar-refractivity contribution is 7.20. The molecule has 0 amide bonds. The summed E-state index contributed by atoms with van der Waals surface area (Å²) >= 11 is 7.04. The molecule has 1 fully saturated rings. The third-order valence-electron chi connectivity index (χ3n) is 7.02. The smallest absolute Gasteiger partial charge is 0.346 e. The zero-order valence-corrected chi connectivity index (χ0v) is 22.6. The summed E-state index contributed by atoms with van der Waals surface area (Å²) in [5.41, 5.74) is 3.25. The summed E-state index contributed by atoms with van der Waals surface area (Å²) in [5.74, 6) is 0.0198. The molecule has 0 aliphatic carbocycles. The monoisotopic (exact) mass is 568 g/mol. The Morgan fingerprint density at radius 3 is 2.85 bits per heavy atom. The van der Waals surface area contributed by atoms with Gasteiger partial charge in [0.1, 0.15) is 28.0 Å². The Hall–Kier alpha value is -3.31. The van der Waals surface area contributed by atoms with Crippen molar-refractivity contribution >= 4 is 44.8 Å². The number of imidazole rings is 1. The summed E-state index contributed by atoms with van der Waals surface area (Å²) in [7, 11) is 0. The zero-order valence-electron chi connectivity index (χ0n) is 21.0. The van der Waals surface area contributed by atoms with E-state index in [9.17, 15) is 14.3 Å². The van der Waals surface area contributed by atoms with Crippen molar-refractivity contribution in [3.05, 3.63) is 81.3 Å². The third-order valence-corrected chi connectivity index (χ3v) is 8.26. The fourth-order valence-corrected chi connectivity index (χ4v) is 5.83. The summed E-state index contributed by atoms with van der Waals surface area (Å²) in [6.07, 6.45) is 4.11. The lowest BCUT2D eigenvalue weighted by Crippen LogP contribution is -2.33. The van der Waals surface area contributed by atoms with E-state index in [1.165, 1.54) is 17.4 Å². The maximum Gasteiger partial charge on any atom is 0.346 e. The molecule has 0 radical (unpaired) electrons. The molecule has 0 spiro atoms. The van der Waals surface area contributed by atoms with Crippen LogP contribution in [0.1, 0.15) is 39.6 Å². The predicted molar refractivity (Wildman–Crippen MR) is 147 cm³/mol. The molecule has 3 aromatic heterocycles. The number of ether oxygens (including phenoxy) is 2. The molecule has 0 bridgehead atoms. The highest BCUT2D eigenvalue weighted by atomic mass is 35.5. The molecule has 39 heavy (non-hydrogen) atoms. The molecular weight excluding hydrogens is 543 g/mol. The Labute approximate surface area is 233 Å². The molecule has 5 heterocycles. The number of carboxylic acid groups (broad SMARTS) is 1. The van der Waals surface area contributed by atoms with E-state index in [2.05, 4.69) is 20.5 Å². The van der Waals surface area contributed by atoms with Gasteiger partial charge in [-0.3, -0.25) is 4.90 Å². The fraction of sp³-hybridized carbons (Fsp3) is 0.321. The largest absolute Gasteiger partial charge is 0.477 e. The van der Waals surface area contributed by atoms with Crippen LogP contribution >= 0.6 is 22.9 Å². The second-order valence-corrected chi connectivity index (χ2v) is 11.1. The average molecular weight is 569 g/mol. The number of hydrogen-bond donors (Lipinski definition) is 1. The van der Waals surface area contributed by atoms with Crippen molar-refractivity contribution in [2.75, 3.05) is 19.7 Å². The summed E-state index contributed by atoms with van der Waals surface area (Å²) < 4.78 is 27.6. The van der Waals surface area contributed by atoms with Crippen LogP contribution in [0.5, 0.6) is 5.88 Å². The minimum absolute atomic E-state index is 0.0657. The number of rotatable bonds is 9. The van der Waals surface area contributed by atoms with E-state index < -0.39 is 11.8 Å². The van der Waals surface area contributed by atoms with Crippen molar-refractivity contribution in [2.24, 2.45) is 0 Å². The second-order valence-electron chi connectivity index (χ2n) is 9.63. The van der Waals surface area contributed by atoms with Crippen molar-refractivity contribution in [2.45, 2.75) is 38.6 Å². The van der Waals surface area contributed by atoms with Crippen LogP contribution in [0.15, 0.2) is 48.5 Å². The summed E-state index contributed by atoms with van der Waals surface area (Å²) in [6, 6.07) is 11.8. The van der Waals surface area contributed by atoms with E-state index in [4.69, 9.17) is 26.1 Å². The molecular formula is C28H26ClFN4O4S.